The van der Waals surface area contributed by atoms with Crippen LogP contribution in [0.25, 0.3) is 0 Å². The summed E-state index contributed by atoms with van der Waals surface area (Å²) >= 11 is 17.2. The zero-order chi connectivity index (χ0) is 16.9. The van der Waals surface area contributed by atoms with Gasteiger partial charge in [-0.2, -0.15) is 0 Å². The molecule has 0 aliphatic carbocycles. The maximum absolute atomic E-state index is 5.97. The fourth-order valence-corrected chi connectivity index (χ4v) is 3.11. The van der Waals surface area contributed by atoms with Gasteiger partial charge in [0.1, 0.15) is 13.2 Å². The zero-order valence-corrected chi connectivity index (χ0v) is 15.1. The molecule has 1 aliphatic heterocycles. The minimum absolute atomic E-state index is 0.519. The van der Waals surface area contributed by atoms with Crippen LogP contribution in [0.3, 0.4) is 0 Å². The molecule has 0 bridgehead atoms. The van der Waals surface area contributed by atoms with Crippen LogP contribution >= 0.6 is 35.4 Å². The quantitative estimate of drug-likeness (QED) is 0.771. The number of hydrogen-bond acceptors (Lipinski definition) is 3. The van der Waals surface area contributed by atoms with Gasteiger partial charge in [0.05, 0.1) is 0 Å². The molecule has 1 aliphatic rings. The van der Waals surface area contributed by atoms with Crippen LogP contribution in [-0.2, 0) is 6.42 Å². The first-order chi connectivity index (χ1) is 11.6. The Hall–Kier alpha value is -1.69. The van der Waals surface area contributed by atoms with Gasteiger partial charge >= 0.3 is 0 Å². The van der Waals surface area contributed by atoms with Crippen LogP contribution in [0.1, 0.15) is 5.56 Å². The van der Waals surface area contributed by atoms with Gasteiger partial charge in [-0.25, -0.2) is 0 Å². The molecule has 0 fully saturated rings. The second-order valence-corrected chi connectivity index (χ2v) is 6.55. The van der Waals surface area contributed by atoms with Crippen LogP contribution in [0.2, 0.25) is 10.0 Å². The van der Waals surface area contributed by atoms with Crippen molar-refractivity contribution in [2.45, 2.75) is 6.42 Å². The van der Waals surface area contributed by atoms with Crippen LogP contribution in [0, 0.1) is 0 Å². The Balaban J connectivity index is 1.50. The van der Waals surface area contributed by atoms with Crippen molar-refractivity contribution in [1.29, 1.82) is 0 Å². The number of rotatable bonds is 4. The molecule has 0 aromatic heterocycles. The standard InChI is InChI=1S/C17H16Cl2N2O2S/c18-12-8-13(19)10-14(9-12)21-17(24)20-4-3-11-1-2-15-16(7-11)23-6-5-22-15/h1-2,7-10H,3-6H2,(H2,20,21,24). The molecule has 4 nitrogen and oxygen atoms in total. The third-order valence-corrected chi connectivity index (χ3v) is 4.11. The van der Waals surface area contributed by atoms with Gasteiger partial charge in [0.2, 0.25) is 0 Å². The van der Waals surface area contributed by atoms with Crippen molar-refractivity contribution in [3.63, 3.8) is 0 Å². The first-order valence-corrected chi connectivity index (χ1v) is 8.66. The van der Waals surface area contributed by atoms with Gasteiger partial charge in [-0.3, -0.25) is 0 Å². The molecule has 0 spiro atoms. The highest BCUT2D eigenvalue weighted by Gasteiger charge is 2.11. The monoisotopic (exact) mass is 382 g/mol. The highest BCUT2D eigenvalue weighted by atomic mass is 35.5. The summed E-state index contributed by atoms with van der Waals surface area (Å²) in [6.07, 6.45) is 0.814. The van der Waals surface area contributed by atoms with Crippen molar-refractivity contribution in [3.8, 4) is 11.5 Å². The van der Waals surface area contributed by atoms with E-state index in [1.807, 2.05) is 18.2 Å². The van der Waals surface area contributed by atoms with E-state index in [0.29, 0.717) is 34.9 Å². The Morgan fingerprint density at radius 2 is 1.71 bits per heavy atom. The van der Waals surface area contributed by atoms with E-state index >= 15 is 0 Å². The number of ether oxygens (including phenoxy) is 2. The van der Waals surface area contributed by atoms with Crippen molar-refractivity contribution < 1.29 is 9.47 Å². The molecule has 0 unspecified atom stereocenters. The van der Waals surface area contributed by atoms with Crippen molar-refractivity contribution in [2.75, 3.05) is 25.1 Å². The van der Waals surface area contributed by atoms with Gasteiger partial charge in [-0.15, -0.1) is 0 Å². The van der Waals surface area contributed by atoms with Gasteiger partial charge < -0.3 is 20.1 Å². The number of nitrogens with one attached hydrogen (secondary N) is 2. The lowest BCUT2D eigenvalue weighted by Crippen LogP contribution is -2.30. The summed E-state index contributed by atoms with van der Waals surface area (Å²) in [6.45, 7) is 1.88. The third-order valence-electron chi connectivity index (χ3n) is 3.43. The van der Waals surface area contributed by atoms with Crippen LogP contribution in [0.4, 0.5) is 5.69 Å². The predicted octanol–water partition coefficient (Wildman–Crippen LogP) is 4.29. The van der Waals surface area contributed by atoms with Gasteiger partial charge in [-0.1, -0.05) is 29.3 Å². The minimum Gasteiger partial charge on any atom is -0.486 e. The van der Waals surface area contributed by atoms with Crippen LogP contribution in [-0.4, -0.2) is 24.9 Å². The molecule has 2 N–H and O–H groups in total. The minimum atomic E-state index is 0.519. The maximum Gasteiger partial charge on any atom is 0.170 e. The average Bonchev–Trinajstić information content (AvgIpc) is 2.53. The maximum atomic E-state index is 5.97. The largest absolute Gasteiger partial charge is 0.486 e. The molecular weight excluding hydrogens is 367 g/mol. The summed E-state index contributed by atoms with van der Waals surface area (Å²) in [7, 11) is 0. The van der Waals surface area contributed by atoms with Crippen molar-refractivity contribution in [1.82, 2.24) is 5.32 Å². The smallest absolute Gasteiger partial charge is 0.170 e. The molecular formula is C17H16Cl2N2O2S. The summed E-state index contributed by atoms with van der Waals surface area (Å²) in [4.78, 5) is 0. The van der Waals surface area contributed by atoms with E-state index in [-0.39, 0.29) is 0 Å². The molecule has 24 heavy (non-hydrogen) atoms. The Labute approximate surface area is 156 Å². The number of anilines is 1. The first kappa shape index (κ1) is 17.1. The van der Waals surface area contributed by atoms with E-state index in [1.54, 1.807) is 18.2 Å². The Morgan fingerprint density at radius 3 is 2.46 bits per heavy atom. The molecule has 0 saturated carbocycles. The van der Waals surface area contributed by atoms with Gasteiger partial charge in [-0.05, 0) is 54.5 Å². The van der Waals surface area contributed by atoms with Gasteiger partial charge in [0.25, 0.3) is 0 Å². The molecule has 3 rings (SSSR count). The normalized spacial score (nSPS) is 12.6. The molecule has 0 saturated heterocycles. The van der Waals surface area contributed by atoms with Gasteiger partial charge in [0.15, 0.2) is 16.6 Å². The third kappa shape index (κ3) is 4.66. The van der Waals surface area contributed by atoms with Crippen molar-refractivity contribution >= 4 is 46.2 Å². The lowest BCUT2D eigenvalue weighted by molar-refractivity contribution is 0.171. The fourth-order valence-electron chi connectivity index (χ4n) is 2.36. The van der Waals surface area contributed by atoms with E-state index in [9.17, 15) is 0 Å². The van der Waals surface area contributed by atoms with E-state index in [2.05, 4.69) is 10.6 Å². The molecule has 0 amide bonds. The number of hydrogen-bond donors (Lipinski definition) is 2. The SMILES string of the molecule is S=C(NCCc1ccc2c(c1)OCCO2)Nc1cc(Cl)cc(Cl)c1. The predicted molar refractivity (Wildman–Crippen MR) is 102 cm³/mol. The Morgan fingerprint density at radius 1 is 1.00 bits per heavy atom. The number of halogens is 2. The molecule has 126 valence electrons. The molecule has 1 heterocycles. The summed E-state index contributed by atoms with van der Waals surface area (Å²) < 4.78 is 11.1. The lowest BCUT2D eigenvalue weighted by Gasteiger charge is -2.19. The number of thiocarbonyl (C=S) groups is 1. The summed E-state index contributed by atoms with van der Waals surface area (Å²) in [6, 6.07) is 11.2. The molecule has 2 aromatic carbocycles. The lowest BCUT2D eigenvalue weighted by atomic mass is 10.1. The topological polar surface area (TPSA) is 42.5 Å². The number of benzene rings is 2. The average molecular weight is 383 g/mol. The fraction of sp³-hybridized carbons (Fsp3) is 0.235. The van der Waals surface area contributed by atoms with Crippen molar-refractivity contribution in [3.05, 3.63) is 52.0 Å². The Kier molecular flexibility index (Phi) is 5.66. The van der Waals surface area contributed by atoms with E-state index < -0.39 is 0 Å². The highest BCUT2D eigenvalue weighted by Crippen LogP contribution is 2.30. The molecule has 0 atom stereocenters. The number of fused-ring (bicyclic) bond motifs is 1. The Bertz CT molecular complexity index is 735. The van der Waals surface area contributed by atoms with Crippen LogP contribution < -0.4 is 20.1 Å². The second-order valence-electron chi connectivity index (χ2n) is 5.27. The second kappa shape index (κ2) is 7.92. The van der Waals surface area contributed by atoms with E-state index in [4.69, 9.17) is 44.9 Å². The van der Waals surface area contributed by atoms with Gasteiger partial charge in [0, 0.05) is 22.3 Å². The van der Waals surface area contributed by atoms with E-state index in [1.165, 1.54) is 0 Å². The van der Waals surface area contributed by atoms with Crippen LogP contribution in [0.15, 0.2) is 36.4 Å². The molecule has 2 aromatic rings. The van der Waals surface area contributed by atoms with Crippen LogP contribution in [0.5, 0.6) is 11.5 Å². The molecule has 0 radical (unpaired) electrons. The molecule has 7 heteroatoms. The van der Waals surface area contributed by atoms with E-state index in [0.717, 1.165) is 29.2 Å². The highest BCUT2D eigenvalue weighted by molar-refractivity contribution is 7.80. The zero-order valence-electron chi connectivity index (χ0n) is 12.8. The first-order valence-electron chi connectivity index (χ1n) is 7.49. The van der Waals surface area contributed by atoms with Crippen molar-refractivity contribution in [2.24, 2.45) is 0 Å². The summed E-state index contributed by atoms with van der Waals surface area (Å²) in [5.41, 5.74) is 1.91. The summed E-state index contributed by atoms with van der Waals surface area (Å²) in [5.74, 6) is 1.60. The summed E-state index contributed by atoms with van der Waals surface area (Å²) in [5, 5.41) is 7.87.